The molecule has 4 nitrogen and oxygen atoms in total. The molecule has 0 spiro atoms. The van der Waals surface area contributed by atoms with Crippen LogP contribution in [-0.2, 0) is 13.0 Å². The van der Waals surface area contributed by atoms with Crippen LogP contribution in [0.3, 0.4) is 0 Å². The predicted octanol–water partition coefficient (Wildman–Crippen LogP) is 1.24. The molecule has 1 aromatic carbocycles. The number of nitrogens with two attached hydrogens (primary N) is 1. The van der Waals surface area contributed by atoms with E-state index < -0.39 is 6.10 Å². The Bertz CT molecular complexity index is 550. The highest BCUT2D eigenvalue weighted by Gasteiger charge is 2.14. The average Bonchev–Trinajstić information content (AvgIpc) is 2.48. The van der Waals surface area contributed by atoms with Crippen LogP contribution >= 0.6 is 0 Å². The minimum Gasteiger partial charge on any atom is -0.390 e. The van der Waals surface area contributed by atoms with Gasteiger partial charge in [-0.05, 0) is 23.6 Å². The van der Waals surface area contributed by atoms with Crippen LogP contribution in [0.15, 0.2) is 48.8 Å². The number of nitrogens with zero attached hydrogens (tertiary/aromatic N) is 1. The van der Waals surface area contributed by atoms with Gasteiger partial charge in [0.05, 0.1) is 12.3 Å². The molecule has 0 saturated heterocycles. The molecule has 0 aliphatic rings. The van der Waals surface area contributed by atoms with Gasteiger partial charge in [0.25, 0.3) is 0 Å². The molecule has 2 rings (SSSR count). The van der Waals surface area contributed by atoms with E-state index in [1.807, 2.05) is 30.3 Å². The van der Waals surface area contributed by atoms with Crippen molar-refractivity contribution in [2.75, 3.05) is 6.54 Å². The molecule has 0 radical (unpaired) electrons. The van der Waals surface area contributed by atoms with Crippen molar-refractivity contribution in [2.24, 2.45) is 5.73 Å². The Morgan fingerprint density at radius 2 is 1.95 bits per heavy atom. The summed E-state index contributed by atoms with van der Waals surface area (Å²) < 4.78 is 13.0. The monoisotopic (exact) mass is 289 g/mol. The molecule has 21 heavy (non-hydrogen) atoms. The van der Waals surface area contributed by atoms with Crippen molar-refractivity contribution in [1.29, 1.82) is 0 Å². The normalized spacial score (nSPS) is 13.9. The Labute approximate surface area is 123 Å². The number of aliphatic hydroxyl groups is 1. The van der Waals surface area contributed by atoms with Crippen LogP contribution in [0.5, 0.6) is 0 Å². The first-order valence-electron chi connectivity index (χ1n) is 6.93. The van der Waals surface area contributed by atoms with Crippen molar-refractivity contribution in [3.63, 3.8) is 0 Å². The number of pyridine rings is 1. The maximum Gasteiger partial charge on any atom is 0.141 e. The Morgan fingerprint density at radius 3 is 2.67 bits per heavy atom. The summed E-state index contributed by atoms with van der Waals surface area (Å²) in [5.41, 5.74) is 7.82. The van der Waals surface area contributed by atoms with Crippen LogP contribution < -0.4 is 11.1 Å². The molecule has 0 aliphatic carbocycles. The molecule has 2 atom stereocenters. The predicted molar refractivity (Wildman–Crippen MR) is 80.0 cm³/mol. The molecule has 0 bridgehead atoms. The van der Waals surface area contributed by atoms with Crippen molar-refractivity contribution in [1.82, 2.24) is 10.3 Å². The van der Waals surface area contributed by atoms with Crippen LogP contribution in [0.25, 0.3) is 0 Å². The highest BCUT2D eigenvalue weighted by molar-refractivity contribution is 5.16. The summed E-state index contributed by atoms with van der Waals surface area (Å²) in [6.45, 7) is 0.796. The molecular weight excluding hydrogens is 269 g/mol. The number of hydrogen-bond acceptors (Lipinski definition) is 4. The Morgan fingerprint density at radius 1 is 1.19 bits per heavy atom. The lowest BCUT2D eigenvalue weighted by molar-refractivity contribution is 0.141. The van der Waals surface area contributed by atoms with Crippen molar-refractivity contribution in [3.8, 4) is 0 Å². The van der Waals surface area contributed by atoms with E-state index >= 15 is 0 Å². The zero-order valence-corrected chi connectivity index (χ0v) is 11.7. The molecule has 5 heteroatoms. The van der Waals surface area contributed by atoms with E-state index in [2.05, 4.69) is 10.3 Å². The Hall–Kier alpha value is -1.82. The van der Waals surface area contributed by atoms with Gasteiger partial charge in [0.15, 0.2) is 0 Å². The third-order valence-electron chi connectivity index (χ3n) is 3.25. The van der Waals surface area contributed by atoms with Gasteiger partial charge in [-0.1, -0.05) is 30.3 Å². The third kappa shape index (κ3) is 5.23. The fraction of sp³-hybridized carbons (Fsp3) is 0.312. The van der Waals surface area contributed by atoms with Crippen molar-refractivity contribution in [3.05, 3.63) is 65.7 Å². The van der Waals surface area contributed by atoms with Crippen LogP contribution in [0.1, 0.15) is 11.1 Å². The summed E-state index contributed by atoms with van der Waals surface area (Å²) in [7, 11) is 0. The lowest BCUT2D eigenvalue weighted by Gasteiger charge is -2.19. The summed E-state index contributed by atoms with van der Waals surface area (Å²) >= 11 is 0. The van der Waals surface area contributed by atoms with Crippen molar-refractivity contribution >= 4 is 0 Å². The molecule has 4 N–H and O–H groups in total. The molecule has 1 heterocycles. The van der Waals surface area contributed by atoms with Gasteiger partial charge in [0.1, 0.15) is 5.82 Å². The maximum atomic E-state index is 13.0. The first-order valence-corrected chi connectivity index (χ1v) is 6.93. The van der Waals surface area contributed by atoms with E-state index in [4.69, 9.17) is 5.73 Å². The van der Waals surface area contributed by atoms with Crippen LogP contribution in [0.2, 0.25) is 0 Å². The van der Waals surface area contributed by atoms with E-state index in [9.17, 15) is 9.50 Å². The Kier molecular flexibility index (Phi) is 5.80. The van der Waals surface area contributed by atoms with Crippen molar-refractivity contribution in [2.45, 2.75) is 25.1 Å². The van der Waals surface area contributed by atoms with E-state index in [0.717, 1.165) is 17.3 Å². The second-order valence-corrected chi connectivity index (χ2v) is 5.06. The first-order chi connectivity index (χ1) is 10.1. The molecular formula is C16H20FN3O. The zero-order valence-electron chi connectivity index (χ0n) is 11.7. The number of aromatic nitrogens is 1. The summed E-state index contributed by atoms with van der Waals surface area (Å²) in [4.78, 5) is 3.77. The van der Waals surface area contributed by atoms with Gasteiger partial charge < -0.3 is 16.2 Å². The van der Waals surface area contributed by atoms with Gasteiger partial charge in [-0.3, -0.25) is 4.98 Å². The number of nitrogens with one attached hydrogen (secondary N) is 1. The summed E-state index contributed by atoms with van der Waals surface area (Å²) in [6, 6.07) is 10.9. The highest BCUT2D eigenvalue weighted by atomic mass is 19.1. The highest BCUT2D eigenvalue weighted by Crippen LogP contribution is 2.05. The fourth-order valence-electron chi connectivity index (χ4n) is 2.09. The lowest BCUT2D eigenvalue weighted by atomic mass is 10.0. The molecule has 0 fully saturated rings. The van der Waals surface area contributed by atoms with E-state index in [0.29, 0.717) is 19.5 Å². The number of halogens is 1. The summed E-state index contributed by atoms with van der Waals surface area (Å²) in [5, 5.41) is 13.1. The minimum atomic E-state index is -0.660. The SMILES string of the molecule is N[C@@H](Cc1ccccc1)[C@H](O)CNCc1cncc(F)c1. The quantitative estimate of drug-likeness (QED) is 0.717. The van der Waals surface area contributed by atoms with Crippen LogP contribution in [-0.4, -0.2) is 28.8 Å². The van der Waals surface area contributed by atoms with Gasteiger partial charge >= 0.3 is 0 Å². The average molecular weight is 289 g/mol. The van der Waals surface area contributed by atoms with Gasteiger partial charge in [-0.2, -0.15) is 0 Å². The first kappa shape index (κ1) is 15.6. The van der Waals surface area contributed by atoms with E-state index in [1.165, 1.54) is 6.07 Å². The zero-order chi connectivity index (χ0) is 15.1. The third-order valence-corrected chi connectivity index (χ3v) is 3.25. The lowest BCUT2D eigenvalue weighted by Crippen LogP contribution is -2.43. The number of benzene rings is 1. The van der Waals surface area contributed by atoms with Gasteiger partial charge in [-0.15, -0.1) is 0 Å². The van der Waals surface area contributed by atoms with E-state index in [-0.39, 0.29) is 11.9 Å². The second kappa shape index (κ2) is 7.83. The van der Waals surface area contributed by atoms with Crippen molar-refractivity contribution < 1.29 is 9.50 Å². The summed E-state index contributed by atoms with van der Waals surface area (Å²) in [5.74, 6) is -0.365. The largest absolute Gasteiger partial charge is 0.390 e. The number of hydrogen-bond donors (Lipinski definition) is 3. The minimum absolute atomic E-state index is 0.342. The van der Waals surface area contributed by atoms with Crippen LogP contribution in [0.4, 0.5) is 4.39 Å². The molecule has 0 unspecified atom stereocenters. The molecule has 112 valence electrons. The molecule has 2 aromatic rings. The van der Waals surface area contributed by atoms with Gasteiger partial charge in [0.2, 0.25) is 0 Å². The van der Waals surface area contributed by atoms with Gasteiger partial charge in [0, 0.05) is 25.3 Å². The Balaban J connectivity index is 1.75. The second-order valence-electron chi connectivity index (χ2n) is 5.06. The molecule has 0 saturated carbocycles. The fourth-order valence-corrected chi connectivity index (χ4v) is 2.09. The number of rotatable bonds is 7. The molecule has 0 amide bonds. The maximum absolute atomic E-state index is 13.0. The standard InChI is InChI=1S/C16H20FN3O/c17-14-6-13(8-19-10-14)9-20-11-16(21)15(18)7-12-4-2-1-3-5-12/h1-6,8,10,15-16,20-21H,7,9,11,18H2/t15-,16+/m0/s1. The summed E-state index contributed by atoms with van der Waals surface area (Å²) in [6.07, 6.45) is 2.71. The number of aliphatic hydroxyl groups excluding tert-OH is 1. The molecule has 0 aliphatic heterocycles. The molecule has 1 aromatic heterocycles. The topological polar surface area (TPSA) is 71.2 Å². The van der Waals surface area contributed by atoms with Gasteiger partial charge in [-0.25, -0.2) is 4.39 Å². The smallest absolute Gasteiger partial charge is 0.141 e. The van der Waals surface area contributed by atoms with E-state index in [1.54, 1.807) is 6.20 Å². The van der Waals surface area contributed by atoms with Crippen LogP contribution in [0, 0.1) is 5.82 Å².